The van der Waals surface area contributed by atoms with Gasteiger partial charge in [-0.15, -0.1) is 0 Å². The fourth-order valence-corrected chi connectivity index (χ4v) is 2.25. The Morgan fingerprint density at radius 1 is 1.19 bits per heavy atom. The lowest BCUT2D eigenvalue weighted by Crippen LogP contribution is -2.42. The molecule has 0 bridgehead atoms. The smallest absolute Gasteiger partial charge is 0.269 e. The third-order valence-electron chi connectivity index (χ3n) is 3.32. The number of carbonyl (C=O) groups excluding carboxylic acids is 1. The Labute approximate surface area is 125 Å². The predicted molar refractivity (Wildman–Crippen MR) is 82.4 cm³/mol. The number of nitrogens with one attached hydrogen (secondary N) is 1. The van der Waals surface area contributed by atoms with E-state index in [0.29, 0.717) is 24.2 Å². The highest BCUT2D eigenvalue weighted by Crippen LogP contribution is 2.11. The van der Waals surface area contributed by atoms with E-state index >= 15 is 0 Å². The number of benzene rings is 1. The summed E-state index contributed by atoms with van der Waals surface area (Å²) in [6, 6.07) is 6.45. The average molecular weight is 293 g/mol. The number of non-ortho nitro benzene ring substituents is 1. The molecule has 0 unspecified atom stereocenters. The Morgan fingerprint density at radius 3 is 2.14 bits per heavy atom. The molecular formula is C15H23N3O3. The summed E-state index contributed by atoms with van der Waals surface area (Å²) in [6.07, 6.45) is 0. The van der Waals surface area contributed by atoms with E-state index in [1.165, 1.54) is 24.3 Å². The van der Waals surface area contributed by atoms with Crippen molar-refractivity contribution < 1.29 is 9.72 Å². The molecule has 1 aromatic rings. The van der Waals surface area contributed by atoms with Crippen molar-refractivity contribution in [2.45, 2.75) is 39.8 Å². The molecule has 0 atom stereocenters. The van der Waals surface area contributed by atoms with Gasteiger partial charge in [-0.25, -0.2) is 0 Å². The van der Waals surface area contributed by atoms with Crippen molar-refractivity contribution in [2.75, 3.05) is 13.1 Å². The van der Waals surface area contributed by atoms with Crippen molar-refractivity contribution in [3.8, 4) is 0 Å². The normalized spacial score (nSPS) is 11.2. The van der Waals surface area contributed by atoms with Gasteiger partial charge in [-0.2, -0.15) is 0 Å². The molecule has 0 heterocycles. The van der Waals surface area contributed by atoms with Gasteiger partial charge >= 0.3 is 0 Å². The van der Waals surface area contributed by atoms with Crippen LogP contribution in [0.5, 0.6) is 0 Å². The lowest BCUT2D eigenvalue weighted by atomic mass is 10.2. The van der Waals surface area contributed by atoms with Gasteiger partial charge in [-0.1, -0.05) is 0 Å². The molecule has 6 heteroatoms. The van der Waals surface area contributed by atoms with Gasteiger partial charge in [-0.3, -0.25) is 19.8 Å². The molecule has 1 N–H and O–H groups in total. The molecule has 116 valence electrons. The maximum atomic E-state index is 11.9. The molecule has 1 aromatic carbocycles. The summed E-state index contributed by atoms with van der Waals surface area (Å²) < 4.78 is 0. The fraction of sp³-hybridized carbons (Fsp3) is 0.533. The van der Waals surface area contributed by atoms with Gasteiger partial charge in [0.15, 0.2) is 0 Å². The molecule has 0 aliphatic carbocycles. The van der Waals surface area contributed by atoms with Crippen LogP contribution in [0.2, 0.25) is 0 Å². The van der Waals surface area contributed by atoms with Crippen molar-refractivity contribution in [1.82, 2.24) is 10.2 Å². The summed E-state index contributed by atoms with van der Waals surface area (Å²) in [5.74, 6) is -0.211. The molecular weight excluding hydrogens is 270 g/mol. The Hall–Kier alpha value is -1.95. The molecule has 0 radical (unpaired) electrons. The first-order valence-electron chi connectivity index (χ1n) is 7.11. The standard InChI is InChI=1S/C15H23N3O3/c1-11(2)17(12(3)4)10-9-16-15(19)13-5-7-14(8-6-13)18(20)21/h5-8,11-12H,9-10H2,1-4H3,(H,16,19). The van der Waals surface area contributed by atoms with E-state index in [1.54, 1.807) is 0 Å². The molecule has 1 amide bonds. The van der Waals surface area contributed by atoms with Gasteiger partial charge in [-0.05, 0) is 39.8 Å². The third kappa shape index (κ3) is 5.15. The summed E-state index contributed by atoms with van der Waals surface area (Å²) in [7, 11) is 0. The van der Waals surface area contributed by atoms with E-state index in [0.717, 1.165) is 6.54 Å². The Kier molecular flexibility index (Phi) is 6.30. The SMILES string of the molecule is CC(C)N(CCNC(=O)c1ccc([N+](=O)[O-])cc1)C(C)C. The van der Waals surface area contributed by atoms with Crippen LogP contribution in [0.25, 0.3) is 0 Å². The highest BCUT2D eigenvalue weighted by Gasteiger charge is 2.14. The number of nitrogens with zero attached hydrogens (tertiary/aromatic N) is 2. The second kappa shape index (κ2) is 7.73. The highest BCUT2D eigenvalue weighted by molar-refractivity contribution is 5.94. The van der Waals surface area contributed by atoms with E-state index < -0.39 is 4.92 Å². The summed E-state index contributed by atoms with van der Waals surface area (Å²) in [6.45, 7) is 9.81. The predicted octanol–water partition coefficient (Wildman–Crippen LogP) is 2.44. The van der Waals surface area contributed by atoms with Crippen LogP contribution in [0.1, 0.15) is 38.1 Å². The second-order valence-corrected chi connectivity index (χ2v) is 5.49. The molecule has 21 heavy (non-hydrogen) atoms. The number of amides is 1. The Morgan fingerprint density at radius 2 is 1.71 bits per heavy atom. The quantitative estimate of drug-likeness (QED) is 0.619. The van der Waals surface area contributed by atoms with Crippen LogP contribution < -0.4 is 5.32 Å². The van der Waals surface area contributed by atoms with Crippen LogP contribution in [0.3, 0.4) is 0 Å². The van der Waals surface area contributed by atoms with Gasteiger partial charge in [0.1, 0.15) is 0 Å². The monoisotopic (exact) mass is 293 g/mol. The Balaban J connectivity index is 2.52. The van der Waals surface area contributed by atoms with Gasteiger partial charge in [0.05, 0.1) is 4.92 Å². The van der Waals surface area contributed by atoms with Crippen molar-refractivity contribution >= 4 is 11.6 Å². The second-order valence-electron chi connectivity index (χ2n) is 5.49. The summed E-state index contributed by atoms with van der Waals surface area (Å²) in [5, 5.41) is 13.4. The van der Waals surface area contributed by atoms with Crippen LogP contribution in [-0.4, -0.2) is 40.9 Å². The summed E-state index contributed by atoms with van der Waals surface area (Å²) in [5.41, 5.74) is 0.415. The molecule has 0 fully saturated rings. The van der Waals surface area contributed by atoms with Crippen molar-refractivity contribution in [3.05, 3.63) is 39.9 Å². The summed E-state index contributed by atoms with van der Waals surface area (Å²) >= 11 is 0. The first-order valence-corrected chi connectivity index (χ1v) is 7.11. The number of rotatable bonds is 7. The number of hydrogen-bond acceptors (Lipinski definition) is 4. The maximum absolute atomic E-state index is 11.9. The third-order valence-corrected chi connectivity index (χ3v) is 3.32. The molecule has 0 saturated heterocycles. The maximum Gasteiger partial charge on any atom is 0.269 e. The average Bonchev–Trinajstić information content (AvgIpc) is 2.42. The lowest BCUT2D eigenvalue weighted by Gasteiger charge is -2.30. The first-order chi connectivity index (χ1) is 9.82. The zero-order valence-corrected chi connectivity index (χ0v) is 13.0. The van der Waals surface area contributed by atoms with Crippen molar-refractivity contribution in [2.24, 2.45) is 0 Å². The van der Waals surface area contributed by atoms with E-state index in [2.05, 4.69) is 37.9 Å². The van der Waals surface area contributed by atoms with Gasteiger partial charge in [0.25, 0.3) is 11.6 Å². The first kappa shape index (κ1) is 17.1. The van der Waals surface area contributed by atoms with E-state index in [4.69, 9.17) is 0 Å². The Bertz CT molecular complexity index is 475. The topological polar surface area (TPSA) is 75.5 Å². The highest BCUT2D eigenvalue weighted by atomic mass is 16.6. The van der Waals surface area contributed by atoms with Gasteiger partial charge < -0.3 is 5.32 Å². The lowest BCUT2D eigenvalue weighted by molar-refractivity contribution is -0.384. The molecule has 6 nitrogen and oxygen atoms in total. The summed E-state index contributed by atoms with van der Waals surface area (Å²) in [4.78, 5) is 24.3. The molecule has 0 aliphatic heterocycles. The van der Waals surface area contributed by atoms with Crippen LogP contribution in [0.4, 0.5) is 5.69 Å². The van der Waals surface area contributed by atoms with E-state index in [-0.39, 0.29) is 11.6 Å². The van der Waals surface area contributed by atoms with Crippen molar-refractivity contribution in [1.29, 1.82) is 0 Å². The molecule has 0 aliphatic rings. The van der Waals surface area contributed by atoms with Gasteiger partial charge in [0, 0.05) is 42.9 Å². The fourth-order valence-electron chi connectivity index (χ4n) is 2.25. The number of nitro benzene ring substituents is 1. The van der Waals surface area contributed by atoms with Crippen LogP contribution in [0.15, 0.2) is 24.3 Å². The molecule has 0 saturated carbocycles. The molecule has 0 spiro atoms. The van der Waals surface area contributed by atoms with Crippen LogP contribution >= 0.6 is 0 Å². The number of hydrogen-bond donors (Lipinski definition) is 1. The minimum absolute atomic E-state index is 0.0164. The minimum atomic E-state index is -0.481. The van der Waals surface area contributed by atoms with E-state index in [1.807, 2.05) is 0 Å². The zero-order valence-electron chi connectivity index (χ0n) is 13.0. The molecule has 1 rings (SSSR count). The van der Waals surface area contributed by atoms with E-state index in [9.17, 15) is 14.9 Å². The van der Waals surface area contributed by atoms with Gasteiger partial charge in [0.2, 0.25) is 0 Å². The zero-order chi connectivity index (χ0) is 16.0. The number of carbonyl (C=O) groups is 1. The minimum Gasteiger partial charge on any atom is -0.351 e. The van der Waals surface area contributed by atoms with Crippen LogP contribution in [-0.2, 0) is 0 Å². The van der Waals surface area contributed by atoms with Crippen molar-refractivity contribution in [3.63, 3.8) is 0 Å². The molecule has 0 aromatic heterocycles. The van der Waals surface area contributed by atoms with Crippen LogP contribution in [0, 0.1) is 10.1 Å². The largest absolute Gasteiger partial charge is 0.351 e. The number of nitro groups is 1.